The zero-order chi connectivity index (χ0) is 13.8. The first-order chi connectivity index (χ1) is 9.06. The van der Waals surface area contributed by atoms with E-state index in [0.717, 1.165) is 31.7 Å². The lowest BCUT2D eigenvalue weighted by molar-refractivity contribution is 0.0922. The van der Waals surface area contributed by atoms with Crippen molar-refractivity contribution in [3.8, 4) is 0 Å². The molecule has 1 fully saturated rings. The third-order valence-electron chi connectivity index (χ3n) is 4.09. The van der Waals surface area contributed by atoms with Crippen LogP contribution in [0.1, 0.15) is 37.2 Å². The maximum Gasteiger partial charge on any atom is 0.182 e. The summed E-state index contributed by atoms with van der Waals surface area (Å²) in [4.78, 5) is 18.1. The van der Waals surface area contributed by atoms with Crippen molar-refractivity contribution in [1.82, 2.24) is 9.88 Å². The van der Waals surface area contributed by atoms with Gasteiger partial charge in [0.15, 0.2) is 5.78 Å². The highest BCUT2D eigenvalue weighted by Crippen LogP contribution is 2.22. The molecule has 3 nitrogen and oxygen atoms in total. The Morgan fingerprint density at radius 1 is 1.42 bits per heavy atom. The van der Waals surface area contributed by atoms with E-state index in [0.29, 0.717) is 18.0 Å². The molecule has 4 heteroatoms. The molecular formula is C15H21FN2O. The third kappa shape index (κ3) is 3.83. The van der Waals surface area contributed by atoms with E-state index in [1.54, 1.807) is 0 Å². The number of piperidine rings is 1. The molecule has 2 rings (SSSR count). The molecule has 0 saturated carbocycles. The summed E-state index contributed by atoms with van der Waals surface area (Å²) in [7, 11) is 0. The Morgan fingerprint density at radius 3 is 2.84 bits per heavy atom. The first kappa shape index (κ1) is 14.1. The van der Waals surface area contributed by atoms with Gasteiger partial charge in [-0.1, -0.05) is 13.8 Å². The van der Waals surface area contributed by atoms with Gasteiger partial charge >= 0.3 is 0 Å². The number of aromatic nitrogens is 1. The van der Waals surface area contributed by atoms with Crippen molar-refractivity contribution < 1.29 is 9.18 Å². The number of rotatable bonds is 4. The number of carbonyl (C=O) groups excluding carboxylic acids is 1. The van der Waals surface area contributed by atoms with Crippen LogP contribution in [0.3, 0.4) is 0 Å². The molecule has 0 amide bonds. The second-order valence-corrected chi connectivity index (χ2v) is 5.58. The molecule has 2 atom stereocenters. The van der Waals surface area contributed by atoms with E-state index in [4.69, 9.17) is 0 Å². The molecule has 0 aromatic carbocycles. The molecular weight excluding hydrogens is 243 g/mol. The first-order valence-electron chi connectivity index (χ1n) is 6.93. The lowest BCUT2D eigenvalue weighted by atomic mass is 9.88. The summed E-state index contributed by atoms with van der Waals surface area (Å²) in [5.74, 6) is 1.04. The van der Waals surface area contributed by atoms with Crippen LogP contribution in [-0.4, -0.2) is 35.3 Å². The zero-order valence-corrected chi connectivity index (χ0v) is 11.6. The molecule has 1 aromatic heterocycles. The Labute approximate surface area is 113 Å². The quantitative estimate of drug-likeness (QED) is 0.784. The van der Waals surface area contributed by atoms with Crippen molar-refractivity contribution in [2.24, 2.45) is 11.8 Å². The maximum absolute atomic E-state index is 12.7. The van der Waals surface area contributed by atoms with E-state index in [-0.39, 0.29) is 5.78 Å². The molecule has 1 aromatic rings. The van der Waals surface area contributed by atoms with Crippen molar-refractivity contribution in [3.05, 3.63) is 29.8 Å². The number of nitrogens with zero attached hydrogens (tertiary/aromatic N) is 2. The van der Waals surface area contributed by atoms with Crippen molar-refractivity contribution in [2.75, 3.05) is 19.6 Å². The Morgan fingerprint density at radius 2 is 2.21 bits per heavy atom. The summed E-state index contributed by atoms with van der Waals surface area (Å²) in [6, 6.07) is 2.74. The fraction of sp³-hybridized carbons (Fsp3) is 0.600. The summed E-state index contributed by atoms with van der Waals surface area (Å²) < 4.78 is 12.7. The van der Waals surface area contributed by atoms with Crippen molar-refractivity contribution in [1.29, 1.82) is 0 Å². The van der Waals surface area contributed by atoms with Crippen LogP contribution in [-0.2, 0) is 0 Å². The Bertz CT molecular complexity index is 432. The molecule has 0 spiro atoms. The van der Waals surface area contributed by atoms with Gasteiger partial charge in [0.25, 0.3) is 0 Å². The lowest BCUT2D eigenvalue weighted by Crippen LogP contribution is -2.39. The molecule has 2 heterocycles. The monoisotopic (exact) mass is 264 g/mol. The zero-order valence-electron chi connectivity index (χ0n) is 11.6. The van der Waals surface area contributed by atoms with Gasteiger partial charge in [0, 0.05) is 19.5 Å². The topological polar surface area (TPSA) is 33.2 Å². The van der Waals surface area contributed by atoms with Crippen LogP contribution in [0, 0.1) is 17.7 Å². The van der Waals surface area contributed by atoms with Gasteiger partial charge < -0.3 is 4.90 Å². The molecule has 19 heavy (non-hydrogen) atoms. The molecule has 2 unspecified atom stereocenters. The molecule has 104 valence electrons. The summed E-state index contributed by atoms with van der Waals surface area (Å²) in [6.07, 6.45) is 2.75. The van der Waals surface area contributed by atoms with Crippen LogP contribution in [0.2, 0.25) is 0 Å². The minimum absolute atomic E-state index is 0.00808. The number of hydrogen-bond donors (Lipinski definition) is 0. The SMILES string of the molecule is CC1CCN(CCC(=O)c2ccc(F)cn2)CC1C. The number of carbonyl (C=O) groups is 1. The molecule has 1 saturated heterocycles. The number of ketones is 1. The largest absolute Gasteiger partial charge is 0.303 e. The molecule has 0 aliphatic carbocycles. The minimum atomic E-state index is -0.407. The van der Waals surface area contributed by atoms with Gasteiger partial charge in [-0.3, -0.25) is 9.78 Å². The van der Waals surface area contributed by atoms with Crippen LogP contribution < -0.4 is 0 Å². The lowest BCUT2D eigenvalue weighted by Gasteiger charge is -2.35. The highest BCUT2D eigenvalue weighted by molar-refractivity contribution is 5.94. The third-order valence-corrected chi connectivity index (χ3v) is 4.09. The Kier molecular flexibility index (Phi) is 4.64. The maximum atomic E-state index is 12.7. The van der Waals surface area contributed by atoms with Crippen LogP contribution in [0.25, 0.3) is 0 Å². The number of pyridine rings is 1. The van der Waals surface area contributed by atoms with Crippen LogP contribution in [0.15, 0.2) is 18.3 Å². The van der Waals surface area contributed by atoms with E-state index >= 15 is 0 Å². The fourth-order valence-corrected chi connectivity index (χ4v) is 2.48. The second-order valence-electron chi connectivity index (χ2n) is 5.58. The average molecular weight is 264 g/mol. The van der Waals surface area contributed by atoms with Gasteiger partial charge in [0.1, 0.15) is 11.5 Å². The van der Waals surface area contributed by atoms with Crippen LogP contribution in [0.4, 0.5) is 4.39 Å². The van der Waals surface area contributed by atoms with E-state index in [1.165, 1.54) is 18.6 Å². The second kappa shape index (κ2) is 6.24. The highest BCUT2D eigenvalue weighted by Gasteiger charge is 2.22. The van der Waals surface area contributed by atoms with Crippen molar-refractivity contribution in [2.45, 2.75) is 26.7 Å². The standard InChI is InChI=1S/C15H21FN2O/c1-11-5-7-18(10-12(11)2)8-6-15(19)14-4-3-13(16)9-17-14/h3-4,9,11-12H,5-8,10H2,1-2H3. The smallest absolute Gasteiger partial charge is 0.182 e. The molecule has 0 bridgehead atoms. The molecule has 0 radical (unpaired) electrons. The summed E-state index contributed by atoms with van der Waals surface area (Å²) >= 11 is 0. The number of halogens is 1. The van der Waals surface area contributed by atoms with Gasteiger partial charge in [0.05, 0.1) is 6.20 Å². The van der Waals surface area contributed by atoms with E-state index < -0.39 is 5.82 Å². The predicted molar refractivity (Wildman–Crippen MR) is 72.5 cm³/mol. The highest BCUT2D eigenvalue weighted by atomic mass is 19.1. The minimum Gasteiger partial charge on any atom is -0.303 e. The van der Waals surface area contributed by atoms with Gasteiger partial charge in [-0.25, -0.2) is 4.39 Å². The first-order valence-corrected chi connectivity index (χ1v) is 6.93. The normalized spacial score (nSPS) is 24.4. The molecule has 1 aliphatic rings. The van der Waals surface area contributed by atoms with Gasteiger partial charge in [-0.05, 0) is 36.9 Å². The Hall–Kier alpha value is -1.29. The summed E-state index contributed by atoms with van der Waals surface area (Å²) in [5.41, 5.74) is 0.361. The van der Waals surface area contributed by atoms with Gasteiger partial charge in [-0.15, -0.1) is 0 Å². The average Bonchev–Trinajstić information content (AvgIpc) is 2.40. The van der Waals surface area contributed by atoms with Crippen LogP contribution in [0.5, 0.6) is 0 Å². The number of likely N-dealkylation sites (tertiary alicyclic amines) is 1. The predicted octanol–water partition coefficient (Wildman–Crippen LogP) is 2.77. The molecule has 1 aliphatic heterocycles. The summed E-state index contributed by atoms with van der Waals surface area (Å²) in [6.45, 7) is 7.45. The van der Waals surface area contributed by atoms with E-state index in [1.807, 2.05) is 0 Å². The number of Topliss-reactive ketones (excluding diaryl/α,β-unsaturated/α-hetero) is 1. The summed E-state index contributed by atoms with van der Waals surface area (Å²) in [5, 5.41) is 0. The van der Waals surface area contributed by atoms with E-state index in [9.17, 15) is 9.18 Å². The fourth-order valence-electron chi connectivity index (χ4n) is 2.48. The Balaban J connectivity index is 1.82. The van der Waals surface area contributed by atoms with E-state index in [2.05, 4.69) is 23.7 Å². The van der Waals surface area contributed by atoms with Gasteiger partial charge in [0.2, 0.25) is 0 Å². The number of hydrogen-bond acceptors (Lipinski definition) is 3. The molecule has 0 N–H and O–H groups in total. The van der Waals surface area contributed by atoms with Gasteiger partial charge in [-0.2, -0.15) is 0 Å². The van der Waals surface area contributed by atoms with Crippen molar-refractivity contribution in [3.63, 3.8) is 0 Å². The van der Waals surface area contributed by atoms with Crippen molar-refractivity contribution >= 4 is 5.78 Å². The van der Waals surface area contributed by atoms with Crippen LogP contribution >= 0.6 is 0 Å².